The maximum Gasteiger partial charge on any atom is 0.234 e. The number of carbonyl (C=O) groups excluding carboxylic acids is 1. The van der Waals surface area contributed by atoms with E-state index in [1.807, 2.05) is 4.90 Å². The number of amides is 1. The number of nitrogens with zero attached hydrogens (tertiary/aromatic N) is 1. The molecule has 1 fully saturated rings. The summed E-state index contributed by atoms with van der Waals surface area (Å²) in [7, 11) is 0. The molecule has 1 saturated heterocycles. The summed E-state index contributed by atoms with van der Waals surface area (Å²) in [5.74, 6) is 5.70. The maximum absolute atomic E-state index is 11.2. The van der Waals surface area contributed by atoms with Crippen LogP contribution in [0.3, 0.4) is 0 Å². The highest BCUT2D eigenvalue weighted by Crippen LogP contribution is 2.08. The van der Waals surface area contributed by atoms with Gasteiger partial charge in [-0.1, -0.05) is 5.92 Å². The molecule has 1 amide bonds. The second-order valence-electron chi connectivity index (χ2n) is 2.69. The summed E-state index contributed by atoms with van der Waals surface area (Å²) in [6.07, 6.45) is 2.72. The summed E-state index contributed by atoms with van der Waals surface area (Å²) in [4.78, 5) is 13.1. The lowest BCUT2D eigenvalue weighted by Gasteiger charge is -2.12. The molecule has 60 valence electrons. The molecule has 0 aliphatic carbocycles. The van der Waals surface area contributed by atoms with Gasteiger partial charge >= 0.3 is 0 Å². The molecule has 0 radical (unpaired) electrons. The van der Waals surface area contributed by atoms with Gasteiger partial charge in [0.1, 0.15) is 0 Å². The van der Waals surface area contributed by atoms with Gasteiger partial charge < -0.3 is 4.90 Å². The van der Waals surface area contributed by atoms with Crippen molar-refractivity contribution in [2.75, 3.05) is 13.1 Å². The number of hydrogen-bond donors (Lipinski definition) is 0. The fourth-order valence-electron chi connectivity index (χ4n) is 1.24. The van der Waals surface area contributed by atoms with Crippen LogP contribution in [0.1, 0.15) is 26.2 Å². The fraction of sp³-hybridized carbons (Fsp3) is 0.667. The van der Waals surface area contributed by atoms with E-state index < -0.39 is 0 Å². The summed E-state index contributed by atoms with van der Waals surface area (Å²) in [5.41, 5.74) is 0. The Morgan fingerprint density at radius 2 is 2.09 bits per heavy atom. The summed E-state index contributed by atoms with van der Waals surface area (Å²) in [6, 6.07) is 0. The Kier molecular flexibility index (Phi) is 2.97. The summed E-state index contributed by atoms with van der Waals surface area (Å²) >= 11 is 0. The van der Waals surface area contributed by atoms with Crippen LogP contribution in [-0.4, -0.2) is 23.9 Å². The molecular formula is C9H13NO. The molecule has 0 aromatic rings. The third-order valence-corrected chi connectivity index (χ3v) is 1.88. The van der Waals surface area contributed by atoms with Gasteiger partial charge in [0.25, 0.3) is 0 Å². The lowest BCUT2D eigenvalue weighted by atomic mass is 10.4. The largest absolute Gasteiger partial charge is 0.342 e. The van der Waals surface area contributed by atoms with Crippen molar-refractivity contribution in [3.05, 3.63) is 0 Å². The van der Waals surface area contributed by atoms with Gasteiger partial charge in [-0.05, 0) is 19.8 Å². The molecule has 1 aliphatic rings. The smallest absolute Gasteiger partial charge is 0.234 e. The van der Waals surface area contributed by atoms with E-state index >= 15 is 0 Å². The molecule has 1 heterocycles. The third-order valence-electron chi connectivity index (χ3n) is 1.88. The molecule has 2 heteroatoms. The molecule has 0 spiro atoms. The molecule has 2 nitrogen and oxygen atoms in total. The van der Waals surface area contributed by atoms with Crippen LogP contribution >= 0.6 is 0 Å². The molecule has 0 saturated carbocycles. The van der Waals surface area contributed by atoms with E-state index in [1.54, 1.807) is 6.92 Å². The summed E-state index contributed by atoms with van der Waals surface area (Å²) < 4.78 is 0. The predicted molar refractivity (Wildman–Crippen MR) is 43.9 cm³/mol. The van der Waals surface area contributed by atoms with Gasteiger partial charge in [-0.2, -0.15) is 0 Å². The van der Waals surface area contributed by atoms with Crippen molar-refractivity contribution in [2.45, 2.75) is 26.2 Å². The van der Waals surface area contributed by atoms with Crippen molar-refractivity contribution in [1.29, 1.82) is 0 Å². The van der Waals surface area contributed by atoms with Crippen LogP contribution < -0.4 is 0 Å². The normalized spacial score (nSPS) is 15.9. The monoisotopic (exact) mass is 151 g/mol. The molecule has 11 heavy (non-hydrogen) atoms. The second-order valence-corrected chi connectivity index (χ2v) is 2.69. The Hall–Kier alpha value is -0.970. The second kappa shape index (κ2) is 4.02. The maximum atomic E-state index is 11.2. The number of hydrogen-bond acceptors (Lipinski definition) is 1. The number of carbonyl (C=O) groups is 1. The van der Waals surface area contributed by atoms with Crippen LogP contribution in [0.4, 0.5) is 0 Å². The quantitative estimate of drug-likeness (QED) is 0.512. The van der Waals surface area contributed by atoms with Crippen LogP contribution in [0.2, 0.25) is 0 Å². The Bertz CT molecular complexity index is 193. The van der Waals surface area contributed by atoms with E-state index in [0.29, 0.717) is 6.42 Å². The third kappa shape index (κ3) is 2.27. The van der Waals surface area contributed by atoms with Gasteiger partial charge in [0.15, 0.2) is 0 Å². The first-order valence-corrected chi connectivity index (χ1v) is 4.02. The molecule has 0 aromatic carbocycles. The van der Waals surface area contributed by atoms with Crippen molar-refractivity contribution in [1.82, 2.24) is 4.90 Å². The first-order chi connectivity index (χ1) is 5.34. The van der Waals surface area contributed by atoms with Crippen LogP contribution in [0.25, 0.3) is 0 Å². The Labute approximate surface area is 67.6 Å². The minimum Gasteiger partial charge on any atom is -0.342 e. The SMILES string of the molecule is CC#CCC(=O)N1CCCC1. The van der Waals surface area contributed by atoms with Gasteiger partial charge in [0, 0.05) is 13.1 Å². The van der Waals surface area contributed by atoms with Crippen molar-refractivity contribution < 1.29 is 4.79 Å². The van der Waals surface area contributed by atoms with E-state index in [0.717, 1.165) is 25.9 Å². The molecule has 0 bridgehead atoms. The molecule has 1 aliphatic heterocycles. The number of rotatable bonds is 1. The average Bonchev–Trinajstić information content (AvgIpc) is 2.52. The van der Waals surface area contributed by atoms with E-state index in [2.05, 4.69) is 11.8 Å². The van der Waals surface area contributed by atoms with E-state index in [1.165, 1.54) is 0 Å². The van der Waals surface area contributed by atoms with Crippen molar-refractivity contribution >= 4 is 5.91 Å². The Balaban J connectivity index is 2.32. The van der Waals surface area contributed by atoms with Crippen molar-refractivity contribution in [3.63, 3.8) is 0 Å². The highest BCUT2D eigenvalue weighted by Gasteiger charge is 2.15. The van der Waals surface area contributed by atoms with Crippen LogP contribution in [0, 0.1) is 11.8 Å². The van der Waals surface area contributed by atoms with Crippen molar-refractivity contribution in [3.8, 4) is 11.8 Å². The molecule has 1 rings (SSSR count). The zero-order chi connectivity index (χ0) is 8.10. The molecule has 0 unspecified atom stereocenters. The minimum atomic E-state index is 0.192. The Morgan fingerprint density at radius 1 is 1.45 bits per heavy atom. The summed E-state index contributed by atoms with van der Waals surface area (Å²) in [6.45, 7) is 3.63. The predicted octanol–water partition coefficient (Wildman–Crippen LogP) is 1.02. The minimum absolute atomic E-state index is 0.192. The first kappa shape index (κ1) is 8.13. The zero-order valence-corrected chi connectivity index (χ0v) is 6.89. The zero-order valence-electron chi connectivity index (χ0n) is 6.89. The van der Waals surface area contributed by atoms with Gasteiger partial charge in [0.2, 0.25) is 5.91 Å². The van der Waals surface area contributed by atoms with Crippen molar-refractivity contribution in [2.24, 2.45) is 0 Å². The lowest BCUT2D eigenvalue weighted by molar-refractivity contribution is -0.129. The first-order valence-electron chi connectivity index (χ1n) is 4.02. The van der Waals surface area contributed by atoms with E-state index in [4.69, 9.17) is 0 Å². The topological polar surface area (TPSA) is 20.3 Å². The van der Waals surface area contributed by atoms with Crippen LogP contribution in [0.15, 0.2) is 0 Å². The molecule has 0 aromatic heterocycles. The van der Waals surface area contributed by atoms with Gasteiger partial charge in [-0.3, -0.25) is 4.79 Å². The standard InChI is InChI=1S/C9H13NO/c1-2-3-6-9(11)10-7-4-5-8-10/h4-8H2,1H3. The van der Waals surface area contributed by atoms with Crippen LogP contribution in [-0.2, 0) is 4.79 Å². The molecule has 0 N–H and O–H groups in total. The molecular weight excluding hydrogens is 138 g/mol. The van der Waals surface area contributed by atoms with Gasteiger partial charge in [-0.25, -0.2) is 0 Å². The fourth-order valence-corrected chi connectivity index (χ4v) is 1.24. The van der Waals surface area contributed by atoms with Gasteiger partial charge in [0.05, 0.1) is 6.42 Å². The average molecular weight is 151 g/mol. The van der Waals surface area contributed by atoms with Gasteiger partial charge in [-0.15, -0.1) is 5.92 Å². The highest BCUT2D eigenvalue weighted by atomic mass is 16.2. The van der Waals surface area contributed by atoms with Crippen LogP contribution in [0.5, 0.6) is 0 Å². The number of likely N-dealkylation sites (tertiary alicyclic amines) is 1. The Morgan fingerprint density at radius 3 is 2.64 bits per heavy atom. The molecule has 0 atom stereocenters. The highest BCUT2D eigenvalue weighted by molar-refractivity contribution is 5.78. The lowest BCUT2D eigenvalue weighted by Crippen LogP contribution is -2.26. The van der Waals surface area contributed by atoms with E-state index in [-0.39, 0.29) is 5.91 Å². The summed E-state index contributed by atoms with van der Waals surface area (Å²) in [5, 5.41) is 0. The van der Waals surface area contributed by atoms with E-state index in [9.17, 15) is 4.79 Å².